The highest BCUT2D eigenvalue weighted by Gasteiger charge is 2.44. The number of fused-ring (bicyclic) bond motifs is 2. The average molecular weight is 287 g/mol. The molecule has 3 rings (SSSR count). The second-order valence-corrected chi connectivity index (χ2v) is 8.05. The lowest BCUT2D eigenvalue weighted by Gasteiger charge is -2.25. The number of sulfonamides is 1. The topological polar surface area (TPSA) is 37.4 Å². The van der Waals surface area contributed by atoms with Crippen LogP contribution in [0.2, 0.25) is 0 Å². The zero-order valence-corrected chi connectivity index (χ0v) is 11.6. The molecular weight excluding hydrogens is 273 g/mol. The molecular formula is C12H14FNO2S2. The van der Waals surface area contributed by atoms with Gasteiger partial charge >= 0.3 is 0 Å². The fourth-order valence-electron chi connectivity index (χ4n) is 2.53. The Morgan fingerprint density at radius 1 is 1.44 bits per heavy atom. The first kappa shape index (κ1) is 12.4. The molecule has 2 atom stereocenters. The monoisotopic (exact) mass is 287 g/mol. The molecule has 3 nitrogen and oxygen atoms in total. The average Bonchev–Trinajstić information content (AvgIpc) is 2.94. The van der Waals surface area contributed by atoms with Crippen molar-refractivity contribution in [3.63, 3.8) is 0 Å². The summed E-state index contributed by atoms with van der Waals surface area (Å²) in [7, 11) is -3.53. The summed E-state index contributed by atoms with van der Waals surface area (Å²) in [6.07, 6.45) is 0.929. The summed E-state index contributed by atoms with van der Waals surface area (Å²) in [5.41, 5.74) is 0.465. The van der Waals surface area contributed by atoms with Crippen molar-refractivity contribution < 1.29 is 12.8 Å². The van der Waals surface area contributed by atoms with E-state index in [9.17, 15) is 12.8 Å². The SMILES string of the molecule is Cc1ccc(S(=O)(=O)N2C[C@H]3C[C@H]2CS3)cc1F. The largest absolute Gasteiger partial charge is 0.243 e. The second kappa shape index (κ2) is 4.21. The summed E-state index contributed by atoms with van der Waals surface area (Å²) in [5.74, 6) is 0.396. The van der Waals surface area contributed by atoms with Gasteiger partial charge in [-0.15, -0.1) is 0 Å². The fourth-order valence-corrected chi connectivity index (χ4v) is 5.84. The molecule has 2 bridgehead atoms. The number of nitrogens with zero attached hydrogens (tertiary/aromatic N) is 1. The van der Waals surface area contributed by atoms with Gasteiger partial charge in [0.2, 0.25) is 10.0 Å². The van der Waals surface area contributed by atoms with Crippen molar-refractivity contribution in [2.45, 2.75) is 29.5 Å². The minimum atomic E-state index is -3.53. The summed E-state index contributed by atoms with van der Waals surface area (Å²) in [5, 5.41) is 0.417. The molecule has 0 spiro atoms. The van der Waals surface area contributed by atoms with E-state index in [4.69, 9.17) is 0 Å². The van der Waals surface area contributed by atoms with Crippen molar-refractivity contribution in [1.29, 1.82) is 0 Å². The summed E-state index contributed by atoms with van der Waals surface area (Å²) in [6.45, 7) is 2.19. The molecule has 0 saturated carbocycles. The number of halogens is 1. The fraction of sp³-hybridized carbons (Fsp3) is 0.500. The van der Waals surface area contributed by atoms with Gasteiger partial charge < -0.3 is 0 Å². The van der Waals surface area contributed by atoms with Gasteiger partial charge in [-0.05, 0) is 31.0 Å². The van der Waals surface area contributed by atoms with Gasteiger partial charge in [0.15, 0.2) is 0 Å². The molecule has 2 fully saturated rings. The highest BCUT2D eigenvalue weighted by Crippen LogP contribution is 2.40. The molecule has 2 heterocycles. The van der Waals surface area contributed by atoms with Crippen LogP contribution in [0, 0.1) is 12.7 Å². The summed E-state index contributed by atoms with van der Waals surface area (Å²) < 4.78 is 39.9. The Labute approximate surface area is 110 Å². The van der Waals surface area contributed by atoms with E-state index in [2.05, 4.69) is 0 Å². The molecule has 98 valence electrons. The van der Waals surface area contributed by atoms with Crippen LogP contribution in [-0.4, -0.2) is 36.3 Å². The van der Waals surface area contributed by atoms with Crippen LogP contribution < -0.4 is 0 Å². The molecule has 0 aliphatic carbocycles. The van der Waals surface area contributed by atoms with Crippen LogP contribution in [0.5, 0.6) is 0 Å². The van der Waals surface area contributed by atoms with Gasteiger partial charge in [-0.3, -0.25) is 0 Å². The molecule has 1 aromatic carbocycles. The third kappa shape index (κ3) is 1.87. The van der Waals surface area contributed by atoms with Gasteiger partial charge in [-0.25, -0.2) is 12.8 Å². The van der Waals surface area contributed by atoms with Gasteiger partial charge in [0.1, 0.15) is 5.82 Å². The van der Waals surface area contributed by atoms with Crippen molar-refractivity contribution >= 4 is 21.8 Å². The molecule has 6 heteroatoms. The Morgan fingerprint density at radius 3 is 2.78 bits per heavy atom. The third-order valence-corrected chi connectivity index (χ3v) is 6.90. The summed E-state index contributed by atoms with van der Waals surface area (Å²) >= 11 is 1.83. The minimum Gasteiger partial charge on any atom is -0.207 e. The first-order chi connectivity index (χ1) is 8.48. The van der Waals surface area contributed by atoms with Gasteiger partial charge in [0.05, 0.1) is 4.90 Å². The van der Waals surface area contributed by atoms with E-state index in [1.54, 1.807) is 6.92 Å². The van der Waals surface area contributed by atoms with Gasteiger partial charge in [-0.1, -0.05) is 6.07 Å². The van der Waals surface area contributed by atoms with Crippen molar-refractivity contribution in [2.75, 3.05) is 12.3 Å². The lowest BCUT2D eigenvalue weighted by Crippen LogP contribution is -2.39. The lowest BCUT2D eigenvalue weighted by atomic mass is 10.2. The Hall–Kier alpha value is -0.590. The number of benzene rings is 1. The van der Waals surface area contributed by atoms with E-state index in [-0.39, 0.29) is 10.9 Å². The lowest BCUT2D eigenvalue weighted by molar-refractivity contribution is 0.409. The van der Waals surface area contributed by atoms with E-state index < -0.39 is 15.8 Å². The normalized spacial score (nSPS) is 27.9. The number of aryl methyl sites for hydroxylation is 1. The molecule has 2 aliphatic heterocycles. The van der Waals surface area contributed by atoms with E-state index in [0.717, 1.165) is 18.2 Å². The van der Waals surface area contributed by atoms with E-state index in [0.29, 0.717) is 17.4 Å². The molecule has 0 N–H and O–H groups in total. The molecule has 1 aromatic rings. The van der Waals surface area contributed by atoms with Gasteiger partial charge in [-0.2, -0.15) is 16.1 Å². The van der Waals surface area contributed by atoms with Crippen LogP contribution in [0.15, 0.2) is 23.1 Å². The molecule has 0 unspecified atom stereocenters. The first-order valence-corrected chi connectivity index (χ1v) is 8.37. The standard InChI is InChI=1S/C12H14FNO2S2/c1-8-2-3-11(5-12(8)13)18(15,16)14-6-10-4-9(14)7-17-10/h2-3,5,9-10H,4,6-7H2,1H3/t9-,10+/m0/s1. The quantitative estimate of drug-likeness (QED) is 0.835. The zero-order valence-electron chi connectivity index (χ0n) is 9.97. The number of rotatable bonds is 2. The molecule has 2 aliphatic rings. The Bertz CT molecular complexity index is 588. The van der Waals surface area contributed by atoms with E-state index in [1.165, 1.54) is 16.4 Å². The Balaban J connectivity index is 1.97. The third-order valence-electron chi connectivity index (χ3n) is 3.60. The predicted molar refractivity (Wildman–Crippen MR) is 69.7 cm³/mol. The summed E-state index contributed by atoms with van der Waals surface area (Å²) in [4.78, 5) is 0.0724. The van der Waals surface area contributed by atoms with Gasteiger partial charge in [0, 0.05) is 23.6 Å². The Kier molecular flexibility index (Phi) is 2.91. The van der Waals surface area contributed by atoms with Crippen LogP contribution in [0.1, 0.15) is 12.0 Å². The van der Waals surface area contributed by atoms with Crippen molar-refractivity contribution in [3.05, 3.63) is 29.6 Å². The van der Waals surface area contributed by atoms with E-state index >= 15 is 0 Å². The maximum Gasteiger partial charge on any atom is 0.243 e. The van der Waals surface area contributed by atoms with Crippen LogP contribution in [0.4, 0.5) is 4.39 Å². The smallest absolute Gasteiger partial charge is 0.207 e. The molecule has 18 heavy (non-hydrogen) atoms. The minimum absolute atomic E-state index is 0.0724. The van der Waals surface area contributed by atoms with E-state index in [1.807, 2.05) is 11.8 Å². The predicted octanol–water partition coefficient (Wildman–Crippen LogP) is 2.01. The number of hydrogen-bond donors (Lipinski definition) is 0. The number of hydrogen-bond acceptors (Lipinski definition) is 3. The number of thioether (sulfide) groups is 1. The second-order valence-electron chi connectivity index (χ2n) is 4.83. The van der Waals surface area contributed by atoms with Crippen LogP contribution in [0.3, 0.4) is 0 Å². The van der Waals surface area contributed by atoms with Gasteiger partial charge in [0.25, 0.3) is 0 Å². The Morgan fingerprint density at radius 2 is 2.22 bits per heavy atom. The molecule has 0 radical (unpaired) electrons. The van der Waals surface area contributed by atoms with Crippen LogP contribution >= 0.6 is 11.8 Å². The molecule has 0 aromatic heterocycles. The van der Waals surface area contributed by atoms with Crippen molar-refractivity contribution in [3.8, 4) is 0 Å². The van der Waals surface area contributed by atoms with Crippen molar-refractivity contribution in [1.82, 2.24) is 4.31 Å². The zero-order chi connectivity index (χ0) is 12.9. The van der Waals surface area contributed by atoms with Crippen molar-refractivity contribution in [2.24, 2.45) is 0 Å². The highest BCUT2D eigenvalue weighted by atomic mass is 32.2. The molecule has 0 amide bonds. The van der Waals surface area contributed by atoms with Crippen LogP contribution in [0.25, 0.3) is 0 Å². The maximum absolute atomic E-state index is 13.5. The summed E-state index contributed by atoms with van der Waals surface area (Å²) in [6, 6.07) is 4.23. The van der Waals surface area contributed by atoms with Crippen LogP contribution in [-0.2, 0) is 10.0 Å². The molecule has 2 saturated heterocycles. The maximum atomic E-state index is 13.5. The highest BCUT2D eigenvalue weighted by molar-refractivity contribution is 8.00. The first-order valence-electron chi connectivity index (χ1n) is 5.88.